The second kappa shape index (κ2) is 7.21. The van der Waals surface area contributed by atoms with Gasteiger partial charge in [0.05, 0.1) is 5.56 Å². The second-order valence-electron chi connectivity index (χ2n) is 5.72. The molecule has 1 atom stereocenters. The molecule has 1 aliphatic rings. The zero-order valence-electron chi connectivity index (χ0n) is 13.3. The fourth-order valence-corrected chi connectivity index (χ4v) is 2.82. The first-order valence-corrected chi connectivity index (χ1v) is 7.77. The van der Waals surface area contributed by atoms with Gasteiger partial charge in [-0.2, -0.15) is 13.2 Å². The second-order valence-corrected chi connectivity index (χ2v) is 5.72. The first-order valence-electron chi connectivity index (χ1n) is 7.77. The topological polar surface area (TPSA) is 75.4 Å². The van der Waals surface area contributed by atoms with Crippen molar-refractivity contribution in [2.75, 3.05) is 11.9 Å². The lowest BCUT2D eigenvalue weighted by molar-refractivity contribution is -0.137. The smallest absolute Gasteiger partial charge is 0.331 e. The van der Waals surface area contributed by atoms with Crippen LogP contribution in [0.5, 0.6) is 0 Å². The average molecular weight is 343 g/mol. The Bertz CT molecular complexity index is 631. The van der Waals surface area contributed by atoms with Gasteiger partial charge < -0.3 is 16.0 Å². The minimum Gasteiger partial charge on any atom is -0.331 e. The lowest BCUT2D eigenvalue weighted by Gasteiger charge is -2.26. The van der Waals surface area contributed by atoms with Crippen molar-refractivity contribution in [1.29, 1.82) is 0 Å². The molecule has 1 aliphatic heterocycles. The van der Waals surface area contributed by atoms with Crippen LogP contribution in [-0.4, -0.2) is 29.3 Å². The van der Waals surface area contributed by atoms with E-state index < -0.39 is 23.7 Å². The largest absolute Gasteiger partial charge is 0.416 e. The fourth-order valence-electron chi connectivity index (χ4n) is 2.82. The summed E-state index contributed by atoms with van der Waals surface area (Å²) in [6.45, 7) is 2.17. The number of halogens is 3. The molecule has 1 saturated heterocycles. The first kappa shape index (κ1) is 18.3. The van der Waals surface area contributed by atoms with Gasteiger partial charge in [0.2, 0.25) is 11.8 Å². The third-order valence-corrected chi connectivity index (χ3v) is 4.00. The van der Waals surface area contributed by atoms with Gasteiger partial charge in [-0.05, 0) is 36.6 Å². The highest BCUT2D eigenvalue weighted by molar-refractivity contribution is 5.97. The van der Waals surface area contributed by atoms with Gasteiger partial charge in [-0.3, -0.25) is 9.59 Å². The van der Waals surface area contributed by atoms with Gasteiger partial charge >= 0.3 is 6.18 Å². The van der Waals surface area contributed by atoms with Crippen LogP contribution in [0.4, 0.5) is 18.9 Å². The molecule has 24 heavy (non-hydrogen) atoms. The van der Waals surface area contributed by atoms with Crippen molar-refractivity contribution in [2.24, 2.45) is 5.73 Å². The fraction of sp³-hybridized carbons (Fsp3) is 0.500. The highest BCUT2D eigenvalue weighted by Gasteiger charge is 2.33. The Morgan fingerprint density at radius 3 is 2.58 bits per heavy atom. The molecule has 0 bridgehead atoms. The standard InChI is InChI=1S/C16H20F3N3O2/c1-2-13(22-5-3-4-14(22)23)15(24)21-12-7-10(9-20)6-11(8-12)16(17,18)19/h6-8,13H,2-5,9,20H2,1H3,(H,21,24). The number of hydrogen-bond donors (Lipinski definition) is 2. The number of carbonyl (C=O) groups is 2. The molecular formula is C16H20F3N3O2. The van der Waals surface area contributed by atoms with Crippen molar-refractivity contribution in [2.45, 2.75) is 44.9 Å². The summed E-state index contributed by atoms with van der Waals surface area (Å²) in [4.78, 5) is 25.7. The maximum atomic E-state index is 12.9. The molecule has 0 spiro atoms. The van der Waals surface area contributed by atoms with Crippen molar-refractivity contribution >= 4 is 17.5 Å². The molecule has 1 heterocycles. The zero-order valence-corrected chi connectivity index (χ0v) is 13.3. The Labute approximate surface area is 138 Å². The van der Waals surface area contributed by atoms with Gasteiger partial charge in [0, 0.05) is 25.2 Å². The molecule has 0 radical (unpaired) electrons. The molecule has 5 nitrogen and oxygen atoms in total. The number of likely N-dealkylation sites (tertiary alicyclic amines) is 1. The Morgan fingerprint density at radius 1 is 1.38 bits per heavy atom. The number of carbonyl (C=O) groups excluding carboxylic acids is 2. The van der Waals surface area contributed by atoms with Gasteiger partial charge in [0.15, 0.2) is 0 Å². The number of anilines is 1. The van der Waals surface area contributed by atoms with Crippen LogP contribution in [0, 0.1) is 0 Å². The lowest BCUT2D eigenvalue weighted by atomic mass is 10.1. The van der Waals surface area contributed by atoms with E-state index in [1.807, 2.05) is 0 Å². The van der Waals surface area contributed by atoms with E-state index in [0.29, 0.717) is 25.8 Å². The van der Waals surface area contributed by atoms with E-state index in [9.17, 15) is 22.8 Å². The summed E-state index contributed by atoms with van der Waals surface area (Å²) in [5.41, 5.74) is 4.86. The van der Waals surface area contributed by atoms with Crippen molar-refractivity contribution in [3.05, 3.63) is 29.3 Å². The Balaban J connectivity index is 2.22. The number of rotatable bonds is 5. The van der Waals surface area contributed by atoms with Gasteiger partial charge in [0.1, 0.15) is 6.04 Å². The number of benzene rings is 1. The van der Waals surface area contributed by atoms with Crippen LogP contribution < -0.4 is 11.1 Å². The van der Waals surface area contributed by atoms with Crippen molar-refractivity contribution in [1.82, 2.24) is 4.90 Å². The summed E-state index contributed by atoms with van der Waals surface area (Å²) in [5, 5.41) is 2.49. The van der Waals surface area contributed by atoms with E-state index in [1.54, 1.807) is 6.92 Å². The summed E-state index contributed by atoms with van der Waals surface area (Å²) in [7, 11) is 0. The number of nitrogens with two attached hydrogens (primary N) is 1. The minimum atomic E-state index is -4.53. The van der Waals surface area contributed by atoms with Crippen LogP contribution in [0.2, 0.25) is 0 Å². The van der Waals surface area contributed by atoms with E-state index >= 15 is 0 Å². The zero-order chi connectivity index (χ0) is 17.9. The minimum absolute atomic E-state index is 0.0281. The van der Waals surface area contributed by atoms with E-state index in [2.05, 4.69) is 5.32 Å². The quantitative estimate of drug-likeness (QED) is 0.862. The van der Waals surface area contributed by atoms with Crippen LogP contribution in [0.25, 0.3) is 0 Å². The molecule has 1 unspecified atom stereocenters. The van der Waals surface area contributed by atoms with Crippen LogP contribution >= 0.6 is 0 Å². The van der Waals surface area contributed by atoms with Gasteiger partial charge in [-0.25, -0.2) is 0 Å². The van der Waals surface area contributed by atoms with Crippen molar-refractivity contribution < 1.29 is 22.8 Å². The summed E-state index contributed by atoms with van der Waals surface area (Å²) in [6.07, 6.45) is -3.06. The molecule has 8 heteroatoms. The maximum Gasteiger partial charge on any atom is 0.416 e. The van der Waals surface area contributed by atoms with E-state index in [0.717, 1.165) is 12.1 Å². The summed E-state index contributed by atoms with van der Waals surface area (Å²) in [5.74, 6) is -0.598. The number of nitrogens with zero attached hydrogens (tertiary/aromatic N) is 1. The third kappa shape index (κ3) is 4.05. The van der Waals surface area contributed by atoms with E-state index in [1.165, 1.54) is 11.0 Å². The molecule has 2 rings (SSSR count). The van der Waals surface area contributed by atoms with Gasteiger partial charge in [0.25, 0.3) is 0 Å². The van der Waals surface area contributed by atoms with Gasteiger partial charge in [-0.1, -0.05) is 6.92 Å². The predicted molar refractivity (Wildman–Crippen MR) is 83.0 cm³/mol. The molecular weight excluding hydrogens is 323 g/mol. The molecule has 2 amide bonds. The van der Waals surface area contributed by atoms with Crippen LogP contribution in [0.1, 0.15) is 37.3 Å². The highest BCUT2D eigenvalue weighted by Crippen LogP contribution is 2.32. The molecule has 0 aliphatic carbocycles. The molecule has 1 aromatic carbocycles. The molecule has 3 N–H and O–H groups in total. The van der Waals surface area contributed by atoms with Crippen molar-refractivity contribution in [3.8, 4) is 0 Å². The van der Waals surface area contributed by atoms with E-state index in [4.69, 9.17) is 5.73 Å². The normalized spacial score (nSPS) is 16.4. The number of hydrogen-bond acceptors (Lipinski definition) is 3. The molecule has 0 saturated carbocycles. The maximum absolute atomic E-state index is 12.9. The van der Waals surface area contributed by atoms with Crippen LogP contribution in [-0.2, 0) is 22.3 Å². The number of amides is 2. The monoisotopic (exact) mass is 343 g/mol. The van der Waals surface area contributed by atoms with E-state index in [-0.39, 0.29) is 23.7 Å². The van der Waals surface area contributed by atoms with Crippen LogP contribution in [0.3, 0.4) is 0 Å². The summed E-state index contributed by atoms with van der Waals surface area (Å²) in [6, 6.07) is 2.55. The Kier molecular flexibility index (Phi) is 5.48. The Morgan fingerprint density at radius 2 is 2.08 bits per heavy atom. The average Bonchev–Trinajstić information content (AvgIpc) is 2.93. The molecule has 1 aromatic rings. The third-order valence-electron chi connectivity index (χ3n) is 4.00. The number of nitrogens with one attached hydrogen (secondary N) is 1. The summed E-state index contributed by atoms with van der Waals surface area (Å²) < 4.78 is 38.8. The molecule has 0 aromatic heterocycles. The lowest BCUT2D eigenvalue weighted by Crippen LogP contribution is -2.44. The number of alkyl halides is 3. The van der Waals surface area contributed by atoms with Crippen LogP contribution in [0.15, 0.2) is 18.2 Å². The SMILES string of the molecule is CCC(C(=O)Nc1cc(CN)cc(C(F)(F)F)c1)N1CCCC1=O. The predicted octanol–water partition coefficient (Wildman–Crippen LogP) is 2.50. The Hall–Kier alpha value is -2.09. The molecule has 1 fully saturated rings. The highest BCUT2D eigenvalue weighted by atomic mass is 19.4. The summed E-state index contributed by atoms with van der Waals surface area (Å²) >= 11 is 0. The molecule has 132 valence electrons. The first-order chi connectivity index (χ1) is 11.3. The van der Waals surface area contributed by atoms with Crippen molar-refractivity contribution in [3.63, 3.8) is 0 Å². The van der Waals surface area contributed by atoms with Gasteiger partial charge in [-0.15, -0.1) is 0 Å².